The molecule has 0 fully saturated rings. The van der Waals surface area contributed by atoms with Crippen LogP contribution in [0.5, 0.6) is 0 Å². The monoisotopic (exact) mass is 211 g/mol. The van der Waals surface area contributed by atoms with Gasteiger partial charge in [0.05, 0.1) is 16.9 Å². The van der Waals surface area contributed by atoms with Crippen LogP contribution in [0.15, 0.2) is 30.6 Å². The summed E-state index contributed by atoms with van der Waals surface area (Å²) in [6.45, 7) is 0. The lowest BCUT2D eigenvalue weighted by Gasteiger charge is -2.03. The molecule has 0 saturated heterocycles. The van der Waals surface area contributed by atoms with Crippen molar-refractivity contribution >= 4 is 23.2 Å². The van der Waals surface area contributed by atoms with Crippen LogP contribution in [-0.2, 0) is 0 Å². The fraction of sp³-hybridized carbons (Fsp3) is 0. The molecule has 2 aromatic rings. The van der Waals surface area contributed by atoms with E-state index in [9.17, 15) is 0 Å². The molecule has 4 heteroatoms. The average Bonchev–Trinajstić information content (AvgIpc) is 2.56. The van der Waals surface area contributed by atoms with E-state index in [0.29, 0.717) is 10.0 Å². The van der Waals surface area contributed by atoms with E-state index in [-0.39, 0.29) is 0 Å². The first-order valence-corrected chi connectivity index (χ1v) is 4.39. The van der Waals surface area contributed by atoms with Crippen LogP contribution in [0.25, 0.3) is 5.69 Å². The lowest BCUT2D eigenvalue weighted by Crippen LogP contribution is -1.94. The first kappa shape index (κ1) is 8.60. The van der Waals surface area contributed by atoms with Gasteiger partial charge >= 0.3 is 0 Å². The molecule has 0 aliphatic heterocycles. The standard InChI is InChI=1S/C9H5Cl2N2/c10-7-2-3-9(8(11)6-7)13-5-1-4-12-13/h2-6H. The smallest absolute Gasteiger partial charge is 0.0833 e. The topological polar surface area (TPSA) is 17.8 Å². The van der Waals surface area contributed by atoms with E-state index in [1.165, 1.54) is 0 Å². The molecule has 0 spiro atoms. The highest BCUT2D eigenvalue weighted by molar-refractivity contribution is 6.35. The second-order valence-corrected chi connectivity index (χ2v) is 3.32. The molecule has 0 aliphatic carbocycles. The van der Waals surface area contributed by atoms with Gasteiger partial charge in [-0.3, -0.25) is 0 Å². The molecule has 0 amide bonds. The van der Waals surface area contributed by atoms with Crippen LogP contribution in [0.4, 0.5) is 0 Å². The number of nitrogens with zero attached hydrogens (tertiary/aromatic N) is 2. The summed E-state index contributed by atoms with van der Waals surface area (Å²) in [4.78, 5) is 0. The van der Waals surface area contributed by atoms with E-state index in [1.54, 1.807) is 29.2 Å². The Morgan fingerprint density at radius 3 is 2.77 bits per heavy atom. The Balaban J connectivity index is 2.53. The first-order valence-electron chi connectivity index (χ1n) is 3.63. The molecule has 0 N–H and O–H groups in total. The third-order valence-electron chi connectivity index (χ3n) is 1.61. The zero-order valence-electron chi connectivity index (χ0n) is 6.54. The Morgan fingerprint density at radius 1 is 1.31 bits per heavy atom. The molecule has 1 aromatic heterocycles. The highest BCUT2D eigenvalue weighted by atomic mass is 35.5. The van der Waals surface area contributed by atoms with Gasteiger partial charge in [0.15, 0.2) is 0 Å². The van der Waals surface area contributed by atoms with Crippen molar-refractivity contribution in [2.75, 3.05) is 0 Å². The molecule has 1 radical (unpaired) electrons. The zero-order chi connectivity index (χ0) is 9.26. The van der Waals surface area contributed by atoms with E-state index >= 15 is 0 Å². The van der Waals surface area contributed by atoms with E-state index in [0.717, 1.165) is 5.69 Å². The fourth-order valence-electron chi connectivity index (χ4n) is 1.03. The summed E-state index contributed by atoms with van der Waals surface area (Å²) < 4.78 is 1.64. The lowest BCUT2D eigenvalue weighted by atomic mass is 10.3. The SMILES string of the molecule is Clc1ccc(-n2c[c]cn2)c(Cl)c1. The van der Waals surface area contributed by atoms with E-state index in [1.807, 2.05) is 6.07 Å². The quantitative estimate of drug-likeness (QED) is 0.710. The zero-order valence-corrected chi connectivity index (χ0v) is 8.05. The Morgan fingerprint density at radius 2 is 2.15 bits per heavy atom. The number of benzene rings is 1. The van der Waals surface area contributed by atoms with Crippen LogP contribution in [0.3, 0.4) is 0 Å². The van der Waals surface area contributed by atoms with Crippen molar-refractivity contribution in [3.8, 4) is 5.69 Å². The molecule has 0 aliphatic rings. The molecule has 1 heterocycles. The summed E-state index contributed by atoms with van der Waals surface area (Å²) in [6, 6.07) is 8.09. The predicted octanol–water partition coefficient (Wildman–Crippen LogP) is 2.98. The van der Waals surface area contributed by atoms with E-state index < -0.39 is 0 Å². The van der Waals surface area contributed by atoms with Gasteiger partial charge in [-0.2, -0.15) is 5.10 Å². The fourth-order valence-corrected chi connectivity index (χ4v) is 1.53. The van der Waals surface area contributed by atoms with Crippen molar-refractivity contribution in [3.63, 3.8) is 0 Å². The molecule has 2 nitrogen and oxygen atoms in total. The Bertz CT molecular complexity index is 410. The van der Waals surface area contributed by atoms with Gasteiger partial charge in [-0.25, -0.2) is 4.68 Å². The Kier molecular flexibility index (Phi) is 2.25. The van der Waals surface area contributed by atoms with Crippen LogP contribution >= 0.6 is 23.2 Å². The average molecular weight is 212 g/mol. The van der Waals surface area contributed by atoms with Gasteiger partial charge < -0.3 is 0 Å². The van der Waals surface area contributed by atoms with E-state index in [2.05, 4.69) is 11.2 Å². The summed E-state index contributed by atoms with van der Waals surface area (Å²) >= 11 is 11.7. The van der Waals surface area contributed by atoms with Gasteiger partial charge in [0, 0.05) is 17.3 Å². The maximum Gasteiger partial charge on any atom is 0.0833 e. The summed E-state index contributed by atoms with van der Waals surface area (Å²) in [7, 11) is 0. The minimum atomic E-state index is 0.574. The van der Waals surface area contributed by atoms with Gasteiger partial charge in [-0.05, 0) is 18.2 Å². The maximum atomic E-state index is 5.96. The van der Waals surface area contributed by atoms with Crippen molar-refractivity contribution in [1.29, 1.82) is 0 Å². The van der Waals surface area contributed by atoms with Gasteiger partial charge in [0.25, 0.3) is 0 Å². The summed E-state index contributed by atoms with van der Waals surface area (Å²) in [6.07, 6.45) is 3.28. The molecule has 1 aromatic carbocycles. The molecule has 13 heavy (non-hydrogen) atoms. The second-order valence-electron chi connectivity index (χ2n) is 2.48. The predicted molar refractivity (Wildman–Crippen MR) is 52.4 cm³/mol. The van der Waals surface area contributed by atoms with Gasteiger partial charge in [0.1, 0.15) is 0 Å². The second kappa shape index (κ2) is 3.40. The number of hydrogen-bond donors (Lipinski definition) is 0. The molecule has 0 bridgehead atoms. The molecular formula is C9H5Cl2N2. The van der Waals surface area contributed by atoms with Crippen molar-refractivity contribution < 1.29 is 0 Å². The minimum Gasteiger partial charge on any atom is -0.239 e. The molecule has 0 saturated carbocycles. The molecule has 65 valence electrons. The molecular weight excluding hydrogens is 207 g/mol. The third-order valence-corrected chi connectivity index (χ3v) is 2.15. The Labute approximate surface area is 85.7 Å². The summed E-state index contributed by atoms with van der Waals surface area (Å²) in [5.41, 5.74) is 0.798. The number of halogens is 2. The van der Waals surface area contributed by atoms with Crippen LogP contribution in [0, 0.1) is 6.07 Å². The Hall–Kier alpha value is -0.990. The maximum absolute atomic E-state index is 5.96. The summed E-state index contributed by atoms with van der Waals surface area (Å²) in [5, 5.41) is 5.20. The molecule has 0 atom stereocenters. The van der Waals surface area contributed by atoms with Crippen LogP contribution in [0.1, 0.15) is 0 Å². The van der Waals surface area contributed by atoms with Crippen molar-refractivity contribution in [2.24, 2.45) is 0 Å². The van der Waals surface area contributed by atoms with Crippen LogP contribution in [0.2, 0.25) is 10.0 Å². The highest BCUT2D eigenvalue weighted by Crippen LogP contribution is 2.23. The molecule has 0 unspecified atom stereocenters. The lowest BCUT2D eigenvalue weighted by molar-refractivity contribution is 0.881. The van der Waals surface area contributed by atoms with Crippen LogP contribution in [-0.4, -0.2) is 9.78 Å². The first-order chi connectivity index (χ1) is 6.27. The van der Waals surface area contributed by atoms with Gasteiger partial charge in [-0.1, -0.05) is 23.2 Å². The van der Waals surface area contributed by atoms with Crippen molar-refractivity contribution in [3.05, 3.63) is 46.7 Å². The van der Waals surface area contributed by atoms with Crippen molar-refractivity contribution in [1.82, 2.24) is 9.78 Å². The minimum absolute atomic E-state index is 0.574. The number of aromatic nitrogens is 2. The summed E-state index contributed by atoms with van der Waals surface area (Å²) in [5.74, 6) is 0. The normalized spacial score (nSPS) is 10.3. The van der Waals surface area contributed by atoms with E-state index in [4.69, 9.17) is 23.2 Å². The number of hydrogen-bond acceptors (Lipinski definition) is 1. The van der Waals surface area contributed by atoms with Crippen molar-refractivity contribution in [2.45, 2.75) is 0 Å². The highest BCUT2D eigenvalue weighted by Gasteiger charge is 2.02. The van der Waals surface area contributed by atoms with Crippen LogP contribution < -0.4 is 0 Å². The molecule has 2 rings (SSSR count). The largest absolute Gasteiger partial charge is 0.239 e. The van der Waals surface area contributed by atoms with Gasteiger partial charge in [0.2, 0.25) is 0 Å². The van der Waals surface area contributed by atoms with Gasteiger partial charge in [-0.15, -0.1) is 0 Å². The third kappa shape index (κ3) is 1.69. The number of rotatable bonds is 1.